The van der Waals surface area contributed by atoms with Crippen molar-refractivity contribution in [2.24, 2.45) is 0 Å². The zero-order valence-electron chi connectivity index (χ0n) is 22.6. The molecule has 4 rings (SSSR count). The zero-order chi connectivity index (χ0) is 26.9. The monoisotopic (exact) mass is 527 g/mol. The number of rotatable bonds is 11. The number of para-hydroxylation sites is 1. The van der Waals surface area contributed by atoms with Crippen LogP contribution in [0.3, 0.4) is 0 Å². The first kappa shape index (κ1) is 27.7. The second-order valence-electron chi connectivity index (χ2n) is 9.62. The van der Waals surface area contributed by atoms with Gasteiger partial charge in [-0.1, -0.05) is 74.1 Å². The number of anilines is 1. The number of hydrogen-bond acceptors (Lipinski definition) is 4. The fourth-order valence-corrected chi connectivity index (χ4v) is 5.72. The summed E-state index contributed by atoms with van der Waals surface area (Å²) in [7, 11) is 0. The van der Waals surface area contributed by atoms with Crippen molar-refractivity contribution in [2.45, 2.75) is 45.1 Å². The van der Waals surface area contributed by atoms with Gasteiger partial charge < -0.3 is 15.1 Å². The Morgan fingerprint density at radius 3 is 2.32 bits per heavy atom. The number of aryl methyl sites for hydroxylation is 1. The predicted octanol–water partition coefficient (Wildman–Crippen LogP) is 6.53. The molecule has 198 valence electrons. The summed E-state index contributed by atoms with van der Waals surface area (Å²) in [6.45, 7) is 10.5. The standard InChI is InChI=1S/C32H37N3O2S/c1-4-19-34(20-5-2)21-18-33-31(36)26-16-14-25(15-17-26)22-30-32(37)35(23-27-11-7-6-10-24(27)3)28-12-8-9-13-29(28)38-30/h6-17,22H,4-5,18-21,23H2,1-3H3,(H,33,36)/b30-22+. The fraction of sp³-hybridized carbons (Fsp3) is 0.312. The molecule has 0 atom stereocenters. The number of thioether (sulfide) groups is 1. The first-order valence-electron chi connectivity index (χ1n) is 13.5. The molecule has 2 amide bonds. The molecule has 38 heavy (non-hydrogen) atoms. The maximum absolute atomic E-state index is 13.6. The van der Waals surface area contributed by atoms with Gasteiger partial charge in [-0.3, -0.25) is 9.59 Å². The summed E-state index contributed by atoms with van der Waals surface area (Å²) in [5.74, 6) is -0.0823. The van der Waals surface area contributed by atoms with Crippen LogP contribution in [-0.2, 0) is 11.3 Å². The van der Waals surface area contributed by atoms with Gasteiger partial charge in [-0.15, -0.1) is 0 Å². The minimum Gasteiger partial charge on any atom is -0.351 e. The van der Waals surface area contributed by atoms with Gasteiger partial charge in [-0.05, 0) is 79.9 Å². The van der Waals surface area contributed by atoms with Crippen LogP contribution < -0.4 is 10.2 Å². The average Bonchev–Trinajstić information content (AvgIpc) is 2.92. The molecule has 0 unspecified atom stereocenters. The third-order valence-corrected chi connectivity index (χ3v) is 7.76. The van der Waals surface area contributed by atoms with Crippen LogP contribution >= 0.6 is 11.8 Å². The first-order valence-corrected chi connectivity index (χ1v) is 14.3. The summed E-state index contributed by atoms with van der Waals surface area (Å²) in [5.41, 5.74) is 4.75. The van der Waals surface area contributed by atoms with E-state index in [0.29, 0.717) is 23.6 Å². The topological polar surface area (TPSA) is 52.7 Å². The van der Waals surface area contributed by atoms with Crippen LogP contribution in [0.4, 0.5) is 5.69 Å². The Balaban J connectivity index is 1.46. The van der Waals surface area contributed by atoms with Gasteiger partial charge >= 0.3 is 0 Å². The van der Waals surface area contributed by atoms with E-state index in [-0.39, 0.29) is 11.8 Å². The van der Waals surface area contributed by atoms with Crippen molar-refractivity contribution >= 4 is 35.3 Å². The molecule has 6 heteroatoms. The minimum absolute atomic E-state index is 0.0116. The number of hydrogen-bond donors (Lipinski definition) is 1. The fourth-order valence-electron chi connectivity index (χ4n) is 4.66. The normalized spacial score (nSPS) is 14.2. The molecular weight excluding hydrogens is 490 g/mol. The van der Waals surface area contributed by atoms with Crippen molar-refractivity contribution in [1.29, 1.82) is 0 Å². The third kappa shape index (κ3) is 6.94. The van der Waals surface area contributed by atoms with Crippen LogP contribution in [0.1, 0.15) is 53.7 Å². The largest absolute Gasteiger partial charge is 0.351 e. The van der Waals surface area contributed by atoms with Crippen LogP contribution in [-0.4, -0.2) is 42.9 Å². The summed E-state index contributed by atoms with van der Waals surface area (Å²) in [4.78, 5) is 32.3. The van der Waals surface area contributed by atoms with Gasteiger partial charge in [0.15, 0.2) is 0 Å². The van der Waals surface area contributed by atoms with E-state index in [9.17, 15) is 9.59 Å². The molecule has 0 aromatic heterocycles. The molecule has 1 aliphatic heterocycles. The second kappa shape index (κ2) is 13.4. The lowest BCUT2D eigenvalue weighted by Crippen LogP contribution is -2.35. The molecule has 3 aromatic carbocycles. The van der Waals surface area contributed by atoms with Gasteiger partial charge in [0.2, 0.25) is 0 Å². The molecular formula is C32H37N3O2S. The molecule has 5 nitrogen and oxygen atoms in total. The highest BCUT2D eigenvalue weighted by Gasteiger charge is 2.29. The number of carbonyl (C=O) groups is 2. The number of fused-ring (bicyclic) bond motifs is 1. The van der Waals surface area contributed by atoms with Gasteiger partial charge in [-0.25, -0.2) is 0 Å². The van der Waals surface area contributed by atoms with E-state index < -0.39 is 0 Å². The lowest BCUT2D eigenvalue weighted by Gasteiger charge is -2.31. The van der Waals surface area contributed by atoms with Gasteiger partial charge in [0.05, 0.1) is 17.1 Å². The average molecular weight is 528 g/mol. The van der Waals surface area contributed by atoms with E-state index in [2.05, 4.69) is 49.2 Å². The molecule has 0 saturated carbocycles. The number of carbonyl (C=O) groups excluding carboxylic acids is 2. The molecule has 0 bridgehead atoms. The Kier molecular flexibility index (Phi) is 9.79. The Hall–Kier alpha value is -3.35. The van der Waals surface area contributed by atoms with Crippen molar-refractivity contribution in [3.63, 3.8) is 0 Å². The maximum atomic E-state index is 13.6. The third-order valence-electron chi connectivity index (χ3n) is 6.69. The van der Waals surface area contributed by atoms with Crippen LogP contribution in [0.15, 0.2) is 82.6 Å². The molecule has 1 aliphatic rings. The summed E-state index contributed by atoms with van der Waals surface area (Å²) >= 11 is 1.50. The number of nitrogens with one attached hydrogen (secondary N) is 1. The Labute approximate surface area is 230 Å². The summed E-state index contributed by atoms with van der Waals surface area (Å²) < 4.78 is 0. The molecule has 1 heterocycles. The van der Waals surface area contributed by atoms with Crippen molar-refractivity contribution in [3.05, 3.63) is 100.0 Å². The molecule has 0 radical (unpaired) electrons. The smallest absolute Gasteiger partial charge is 0.265 e. The van der Waals surface area contributed by atoms with Gasteiger partial charge in [-0.2, -0.15) is 0 Å². The quantitative estimate of drug-likeness (QED) is 0.288. The van der Waals surface area contributed by atoms with E-state index in [1.807, 2.05) is 65.6 Å². The number of benzene rings is 3. The molecule has 0 aliphatic carbocycles. The number of amides is 2. The van der Waals surface area contributed by atoms with Crippen molar-refractivity contribution < 1.29 is 9.59 Å². The highest BCUT2D eigenvalue weighted by atomic mass is 32.2. The van der Waals surface area contributed by atoms with Crippen LogP contribution in [0.2, 0.25) is 0 Å². The van der Waals surface area contributed by atoms with Crippen molar-refractivity contribution in [2.75, 3.05) is 31.1 Å². The van der Waals surface area contributed by atoms with Crippen LogP contribution in [0, 0.1) is 6.92 Å². The van der Waals surface area contributed by atoms with E-state index in [0.717, 1.165) is 54.2 Å². The van der Waals surface area contributed by atoms with Gasteiger partial charge in [0.25, 0.3) is 11.8 Å². The molecule has 1 N–H and O–H groups in total. The number of nitrogens with zero attached hydrogens (tertiary/aromatic N) is 2. The first-order chi connectivity index (χ1) is 18.5. The summed E-state index contributed by atoms with van der Waals surface area (Å²) in [5, 5.41) is 3.04. The Bertz CT molecular complexity index is 1280. The molecule has 0 spiro atoms. The Morgan fingerprint density at radius 2 is 1.61 bits per heavy atom. The van der Waals surface area contributed by atoms with E-state index in [1.165, 1.54) is 17.3 Å². The molecule has 3 aromatic rings. The molecule has 0 fully saturated rings. The Morgan fingerprint density at radius 1 is 0.921 bits per heavy atom. The minimum atomic E-state index is -0.0707. The second-order valence-corrected chi connectivity index (χ2v) is 10.7. The molecule has 0 saturated heterocycles. The van der Waals surface area contributed by atoms with Gasteiger partial charge in [0, 0.05) is 23.5 Å². The predicted molar refractivity (Wildman–Crippen MR) is 158 cm³/mol. The SMILES string of the molecule is CCCN(CCC)CCNC(=O)c1ccc(/C=C2/Sc3ccccc3N(Cc3ccccc3C)C2=O)cc1. The van der Waals surface area contributed by atoms with Crippen molar-refractivity contribution in [1.82, 2.24) is 10.2 Å². The maximum Gasteiger partial charge on any atom is 0.265 e. The highest BCUT2D eigenvalue weighted by Crippen LogP contribution is 2.42. The summed E-state index contributed by atoms with van der Waals surface area (Å²) in [6, 6.07) is 23.7. The zero-order valence-corrected chi connectivity index (χ0v) is 23.4. The lowest BCUT2D eigenvalue weighted by molar-refractivity contribution is -0.114. The van der Waals surface area contributed by atoms with Gasteiger partial charge in [0.1, 0.15) is 0 Å². The van der Waals surface area contributed by atoms with E-state index >= 15 is 0 Å². The van der Waals surface area contributed by atoms with E-state index in [1.54, 1.807) is 0 Å². The lowest BCUT2D eigenvalue weighted by atomic mass is 10.1. The van der Waals surface area contributed by atoms with E-state index in [4.69, 9.17) is 0 Å². The van der Waals surface area contributed by atoms with Crippen LogP contribution in [0.5, 0.6) is 0 Å². The van der Waals surface area contributed by atoms with Crippen LogP contribution in [0.25, 0.3) is 6.08 Å². The highest BCUT2D eigenvalue weighted by molar-refractivity contribution is 8.04. The van der Waals surface area contributed by atoms with Crippen molar-refractivity contribution in [3.8, 4) is 0 Å². The summed E-state index contributed by atoms with van der Waals surface area (Å²) in [6.07, 6.45) is 4.14.